The van der Waals surface area contributed by atoms with E-state index in [-0.39, 0.29) is 17.9 Å². The van der Waals surface area contributed by atoms with Gasteiger partial charge in [0.05, 0.1) is 13.1 Å². The van der Waals surface area contributed by atoms with Crippen molar-refractivity contribution in [3.8, 4) is 0 Å². The number of carbonyl (C=O) groups is 2. The third-order valence-corrected chi connectivity index (χ3v) is 4.63. The summed E-state index contributed by atoms with van der Waals surface area (Å²) in [7, 11) is 0. The zero-order chi connectivity index (χ0) is 19.8. The molecular weight excluding hydrogens is 342 g/mol. The van der Waals surface area contributed by atoms with Crippen molar-refractivity contribution >= 4 is 11.8 Å². The molecule has 0 aromatic carbocycles. The molecule has 2 aromatic rings. The van der Waals surface area contributed by atoms with Crippen molar-refractivity contribution < 1.29 is 14.0 Å². The Kier molecular flexibility index (Phi) is 7.70. The van der Waals surface area contributed by atoms with E-state index in [1.165, 1.54) is 0 Å². The number of carbonyl (C=O) groups excluding carboxylic acids is 2. The van der Waals surface area contributed by atoms with Crippen molar-refractivity contribution in [1.82, 2.24) is 14.8 Å². The van der Waals surface area contributed by atoms with E-state index in [9.17, 15) is 9.59 Å². The first-order valence-electron chi connectivity index (χ1n) is 9.79. The minimum atomic E-state index is -0.189. The predicted octanol–water partition coefficient (Wildman–Crippen LogP) is 3.81. The molecule has 6 nitrogen and oxygen atoms in total. The number of amides is 2. The molecule has 0 saturated heterocycles. The summed E-state index contributed by atoms with van der Waals surface area (Å²) < 4.78 is 7.78. The van der Waals surface area contributed by atoms with E-state index < -0.39 is 0 Å². The van der Waals surface area contributed by atoms with Crippen LogP contribution in [0.1, 0.15) is 69.0 Å². The summed E-state index contributed by atoms with van der Waals surface area (Å²) >= 11 is 0. The SMILES string of the molecule is CCCN(Cc1cccn1Cc1ccc(C(=O)N[C@@H](C)CC)o1)C(=O)CC. The third kappa shape index (κ3) is 5.74. The zero-order valence-electron chi connectivity index (χ0n) is 16.8. The lowest BCUT2D eigenvalue weighted by Crippen LogP contribution is -2.31. The molecule has 2 amide bonds. The molecule has 0 radical (unpaired) electrons. The van der Waals surface area contributed by atoms with Gasteiger partial charge in [-0.25, -0.2) is 0 Å². The summed E-state index contributed by atoms with van der Waals surface area (Å²) in [5.74, 6) is 1.01. The van der Waals surface area contributed by atoms with Crippen LogP contribution in [0, 0.1) is 0 Å². The van der Waals surface area contributed by atoms with Crippen LogP contribution >= 0.6 is 0 Å². The number of aromatic nitrogens is 1. The highest BCUT2D eigenvalue weighted by molar-refractivity contribution is 5.91. The van der Waals surface area contributed by atoms with Gasteiger partial charge in [-0.1, -0.05) is 20.8 Å². The van der Waals surface area contributed by atoms with Gasteiger partial charge in [0.15, 0.2) is 5.76 Å². The van der Waals surface area contributed by atoms with Gasteiger partial charge in [-0.2, -0.15) is 0 Å². The Bertz CT molecular complexity index is 747. The molecule has 0 aliphatic rings. The predicted molar refractivity (Wildman–Crippen MR) is 105 cm³/mol. The van der Waals surface area contributed by atoms with Crippen LogP contribution in [0.5, 0.6) is 0 Å². The average Bonchev–Trinajstić information content (AvgIpc) is 3.30. The topological polar surface area (TPSA) is 67.5 Å². The van der Waals surface area contributed by atoms with E-state index in [0.29, 0.717) is 31.0 Å². The number of hydrogen-bond acceptors (Lipinski definition) is 3. The Balaban J connectivity index is 2.06. The molecule has 0 saturated carbocycles. The fraction of sp³-hybridized carbons (Fsp3) is 0.524. The van der Waals surface area contributed by atoms with E-state index >= 15 is 0 Å². The maximum atomic E-state index is 12.2. The van der Waals surface area contributed by atoms with Gasteiger partial charge in [0.2, 0.25) is 5.91 Å². The molecule has 27 heavy (non-hydrogen) atoms. The lowest BCUT2D eigenvalue weighted by molar-refractivity contribution is -0.131. The summed E-state index contributed by atoms with van der Waals surface area (Å²) in [6.07, 6.45) is 4.28. The maximum absolute atomic E-state index is 12.2. The Morgan fingerprint density at radius 1 is 1.22 bits per heavy atom. The number of rotatable bonds is 10. The van der Waals surface area contributed by atoms with Crippen molar-refractivity contribution in [2.45, 2.75) is 66.1 Å². The summed E-state index contributed by atoms with van der Waals surface area (Å²) in [6.45, 7) is 9.81. The molecule has 2 aromatic heterocycles. The second-order valence-electron chi connectivity index (χ2n) is 6.84. The van der Waals surface area contributed by atoms with Crippen molar-refractivity contribution in [3.63, 3.8) is 0 Å². The highest BCUT2D eigenvalue weighted by Gasteiger charge is 2.16. The molecule has 1 atom stereocenters. The van der Waals surface area contributed by atoms with E-state index in [1.54, 1.807) is 6.07 Å². The fourth-order valence-electron chi connectivity index (χ4n) is 2.88. The van der Waals surface area contributed by atoms with Gasteiger partial charge in [0.1, 0.15) is 5.76 Å². The van der Waals surface area contributed by atoms with Crippen LogP contribution in [0.25, 0.3) is 0 Å². The number of nitrogens with zero attached hydrogens (tertiary/aromatic N) is 2. The Labute approximate surface area is 161 Å². The van der Waals surface area contributed by atoms with Crippen LogP contribution in [0.3, 0.4) is 0 Å². The van der Waals surface area contributed by atoms with Gasteiger partial charge in [-0.3, -0.25) is 9.59 Å². The Morgan fingerprint density at radius 2 is 2.00 bits per heavy atom. The Morgan fingerprint density at radius 3 is 2.67 bits per heavy atom. The van der Waals surface area contributed by atoms with E-state index in [4.69, 9.17) is 4.42 Å². The van der Waals surface area contributed by atoms with Crippen molar-refractivity contribution in [3.05, 3.63) is 47.7 Å². The van der Waals surface area contributed by atoms with Crippen molar-refractivity contribution in [2.24, 2.45) is 0 Å². The summed E-state index contributed by atoms with van der Waals surface area (Å²) in [6, 6.07) is 7.64. The van der Waals surface area contributed by atoms with Crippen LogP contribution in [-0.2, 0) is 17.9 Å². The molecule has 2 heterocycles. The van der Waals surface area contributed by atoms with Gasteiger partial charge < -0.3 is 19.2 Å². The maximum Gasteiger partial charge on any atom is 0.287 e. The largest absolute Gasteiger partial charge is 0.454 e. The van der Waals surface area contributed by atoms with Crippen molar-refractivity contribution in [2.75, 3.05) is 6.54 Å². The highest BCUT2D eigenvalue weighted by atomic mass is 16.4. The first kappa shape index (κ1) is 20.8. The summed E-state index contributed by atoms with van der Waals surface area (Å²) in [5, 5.41) is 2.90. The average molecular weight is 373 g/mol. The molecule has 0 aliphatic carbocycles. The van der Waals surface area contributed by atoms with E-state index in [1.807, 2.05) is 50.1 Å². The monoisotopic (exact) mass is 373 g/mol. The minimum absolute atomic E-state index is 0.114. The van der Waals surface area contributed by atoms with Gasteiger partial charge in [-0.05, 0) is 44.0 Å². The van der Waals surface area contributed by atoms with Gasteiger partial charge in [-0.15, -0.1) is 0 Å². The number of furan rings is 1. The normalized spacial score (nSPS) is 12.0. The van der Waals surface area contributed by atoms with Crippen LogP contribution in [0.15, 0.2) is 34.9 Å². The van der Waals surface area contributed by atoms with Gasteiger partial charge in [0.25, 0.3) is 5.91 Å². The fourth-order valence-corrected chi connectivity index (χ4v) is 2.88. The first-order valence-corrected chi connectivity index (χ1v) is 9.79. The molecule has 2 rings (SSSR count). The lowest BCUT2D eigenvalue weighted by Gasteiger charge is -2.22. The second-order valence-corrected chi connectivity index (χ2v) is 6.84. The number of hydrogen-bond donors (Lipinski definition) is 1. The molecule has 6 heteroatoms. The molecule has 0 unspecified atom stereocenters. The van der Waals surface area contributed by atoms with Gasteiger partial charge >= 0.3 is 0 Å². The molecular formula is C21H31N3O3. The molecule has 0 spiro atoms. The van der Waals surface area contributed by atoms with Crippen LogP contribution in [0.2, 0.25) is 0 Å². The second kappa shape index (κ2) is 10.00. The smallest absolute Gasteiger partial charge is 0.287 e. The minimum Gasteiger partial charge on any atom is -0.454 e. The molecule has 1 N–H and O–H groups in total. The molecule has 0 fully saturated rings. The number of nitrogens with one attached hydrogen (secondary N) is 1. The highest BCUT2D eigenvalue weighted by Crippen LogP contribution is 2.14. The Hall–Kier alpha value is -2.50. The van der Waals surface area contributed by atoms with Crippen LogP contribution in [-0.4, -0.2) is 33.9 Å². The quantitative estimate of drug-likeness (QED) is 0.689. The molecule has 0 aliphatic heterocycles. The van der Waals surface area contributed by atoms with Crippen LogP contribution < -0.4 is 5.32 Å². The molecule has 148 valence electrons. The third-order valence-electron chi connectivity index (χ3n) is 4.63. The van der Waals surface area contributed by atoms with Gasteiger partial charge in [0, 0.05) is 30.9 Å². The molecule has 0 bridgehead atoms. The summed E-state index contributed by atoms with van der Waals surface area (Å²) in [4.78, 5) is 26.2. The van der Waals surface area contributed by atoms with E-state index in [0.717, 1.165) is 25.1 Å². The first-order chi connectivity index (χ1) is 13.0. The van der Waals surface area contributed by atoms with Crippen LogP contribution in [0.4, 0.5) is 0 Å². The summed E-state index contributed by atoms with van der Waals surface area (Å²) in [5.41, 5.74) is 1.05. The van der Waals surface area contributed by atoms with E-state index in [2.05, 4.69) is 16.8 Å². The van der Waals surface area contributed by atoms with Crippen molar-refractivity contribution in [1.29, 1.82) is 0 Å². The standard InChI is InChI=1S/C21H31N3O3/c1-5-12-24(20(25)7-3)14-17-9-8-13-23(17)15-18-10-11-19(27-18)21(26)22-16(4)6-2/h8-11,13,16H,5-7,12,14-15H2,1-4H3,(H,22,26)/t16-/m0/s1. The zero-order valence-corrected chi connectivity index (χ0v) is 16.8. The lowest BCUT2D eigenvalue weighted by atomic mass is 10.2.